The summed E-state index contributed by atoms with van der Waals surface area (Å²) in [6.45, 7) is 10.6. The number of nitrogens with zero attached hydrogens (tertiary/aromatic N) is 3. The van der Waals surface area contributed by atoms with E-state index in [1.807, 2.05) is 38.2 Å². The van der Waals surface area contributed by atoms with Gasteiger partial charge in [-0.25, -0.2) is 9.97 Å². The Hall–Kier alpha value is -5.15. The number of aromatic nitrogens is 2. The second-order valence-electron chi connectivity index (χ2n) is 10.8. The van der Waals surface area contributed by atoms with Crippen LogP contribution in [0.3, 0.4) is 0 Å². The van der Waals surface area contributed by atoms with Crippen LogP contribution in [0.15, 0.2) is 133 Å². The molecule has 3 nitrogen and oxygen atoms in total. The molecule has 0 spiro atoms. The van der Waals surface area contributed by atoms with E-state index in [2.05, 4.69) is 129 Å². The number of benzene rings is 4. The third-order valence-electron chi connectivity index (χ3n) is 7.56. The molecule has 1 aromatic heterocycles. The molecule has 0 unspecified atom stereocenters. The second-order valence-corrected chi connectivity index (χ2v) is 10.8. The van der Waals surface area contributed by atoms with E-state index >= 15 is 0 Å². The maximum absolute atomic E-state index is 4.97. The zero-order valence-corrected chi connectivity index (χ0v) is 25.4. The van der Waals surface area contributed by atoms with Gasteiger partial charge in [-0.2, -0.15) is 0 Å². The van der Waals surface area contributed by atoms with E-state index in [0.29, 0.717) is 0 Å². The monoisotopic (exact) mass is 559 g/mol. The van der Waals surface area contributed by atoms with Crippen LogP contribution >= 0.6 is 0 Å². The van der Waals surface area contributed by atoms with Gasteiger partial charge < -0.3 is 0 Å². The van der Waals surface area contributed by atoms with Gasteiger partial charge in [-0.05, 0) is 71.9 Å². The molecular formula is C40H37N3. The van der Waals surface area contributed by atoms with Crippen LogP contribution in [-0.4, -0.2) is 22.7 Å². The van der Waals surface area contributed by atoms with Crippen molar-refractivity contribution in [2.45, 2.75) is 27.2 Å². The molecule has 5 rings (SSSR count). The summed E-state index contributed by atoms with van der Waals surface area (Å²) in [4.78, 5) is 14.2. The van der Waals surface area contributed by atoms with Gasteiger partial charge in [-0.15, -0.1) is 0 Å². The van der Waals surface area contributed by atoms with Crippen molar-refractivity contribution in [2.24, 2.45) is 4.99 Å². The Morgan fingerprint density at radius 2 is 1.44 bits per heavy atom. The van der Waals surface area contributed by atoms with Gasteiger partial charge in [0, 0.05) is 36.0 Å². The maximum Gasteiger partial charge on any atom is 0.160 e. The van der Waals surface area contributed by atoms with Gasteiger partial charge in [0.2, 0.25) is 0 Å². The topological polar surface area (TPSA) is 38.1 Å². The number of allylic oxidation sites excluding steroid dienone is 4. The van der Waals surface area contributed by atoms with Crippen LogP contribution in [0, 0.1) is 6.92 Å². The zero-order valence-electron chi connectivity index (χ0n) is 25.4. The predicted molar refractivity (Wildman–Crippen MR) is 184 cm³/mol. The Kier molecular flexibility index (Phi) is 9.33. The SMILES string of the molecule is C=C(/C=C\c1ccc(/C(C)=C\C(C)=NC)cc1C)c1ccc(-c2nc(Cc3ccccc3)cc(-c3ccccc3)n2)cc1. The highest BCUT2D eigenvalue weighted by atomic mass is 14.9. The van der Waals surface area contributed by atoms with Gasteiger partial charge in [0.25, 0.3) is 0 Å². The van der Waals surface area contributed by atoms with E-state index in [0.717, 1.165) is 51.6 Å². The second kappa shape index (κ2) is 13.7. The van der Waals surface area contributed by atoms with Gasteiger partial charge in [0.15, 0.2) is 5.82 Å². The van der Waals surface area contributed by atoms with Crippen molar-refractivity contribution in [3.8, 4) is 22.6 Å². The number of aliphatic imine (C=N–C) groups is 1. The van der Waals surface area contributed by atoms with E-state index in [1.54, 1.807) is 0 Å². The van der Waals surface area contributed by atoms with Crippen LogP contribution in [0.4, 0.5) is 0 Å². The lowest BCUT2D eigenvalue weighted by Crippen LogP contribution is -1.99. The van der Waals surface area contributed by atoms with Gasteiger partial charge in [-0.1, -0.05) is 122 Å². The molecule has 212 valence electrons. The molecule has 4 aromatic carbocycles. The molecule has 0 aliphatic carbocycles. The first-order chi connectivity index (χ1) is 20.9. The number of hydrogen-bond acceptors (Lipinski definition) is 3. The highest BCUT2D eigenvalue weighted by molar-refractivity contribution is 5.98. The Balaban J connectivity index is 1.37. The summed E-state index contributed by atoms with van der Waals surface area (Å²) in [7, 11) is 1.82. The Morgan fingerprint density at radius 1 is 0.767 bits per heavy atom. The van der Waals surface area contributed by atoms with Crippen molar-refractivity contribution in [2.75, 3.05) is 7.05 Å². The Labute approximate surface area is 255 Å². The first-order valence-electron chi connectivity index (χ1n) is 14.6. The Morgan fingerprint density at radius 3 is 2.12 bits per heavy atom. The first kappa shape index (κ1) is 29.3. The van der Waals surface area contributed by atoms with Crippen LogP contribution in [0.1, 0.15) is 47.4 Å². The molecule has 0 aliphatic heterocycles. The van der Waals surface area contributed by atoms with Gasteiger partial charge >= 0.3 is 0 Å². The molecule has 0 saturated heterocycles. The third kappa shape index (κ3) is 7.58. The number of rotatable bonds is 9. The third-order valence-corrected chi connectivity index (χ3v) is 7.56. The molecule has 1 heterocycles. The van der Waals surface area contributed by atoms with E-state index in [9.17, 15) is 0 Å². The zero-order chi connectivity index (χ0) is 30.2. The van der Waals surface area contributed by atoms with Crippen LogP contribution in [0.25, 0.3) is 39.9 Å². The number of hydrogen-bond donors (Lipinski definition) is 0. The summed E-state index contributed by atoms with van der Waals surface area (Å²) in [5, 5.41) is 0. The molecule has 0 aliphatic rings. The molecule has 3 heteroatoms. The largest absolute Gasteiger partial charge is 0.293 e. The normalized spacial score (nSPS) is 12.1. The molecule has 0 fully saturated rings. The molecule has 0 bridgehead atoms. The van der Waals surface area contributed by atoms with Crippen molar-refractivity contribution >= 4 is 22.9 Å². The minimum absolute atomic E-state index is 0.723. The van der Waals surface area contributed by atoms with Crippen molar-refractivity contribution in [3.05, 3.63) is 161 Å². The number of aryl methyl sites for hydroxylation is 1. The van der Waals surface area contributed by atoms with Crippen LogP contribution in [-0.2, 0) is 6.42 Å². The van der Waals surface area contributed by atoms with Crippen molar-refractivity contribution in [3.63, 3.8) is 0 Å². The average molecular weight is 560 g/mol. The molecule has 5 aromatic rings. The summed E-state index contributed by atoms with van der Waals surface area (Å²) in [5.41, 5.74) is 13.0. The summed E-state index contributed by atoms with van der Waals surface area (Å²) in [6.07, 6.45) is 7.08. The lowest BCUT2D eigenvalue weighted by Gasteiger charge is -2.10. The molecule has 0 saturated carbocycles. The fourth-order valence-corrected chi connectivity index (χ4v) is 4.97. The molecule has 0 radical (unpaired) electrons. The fraction of sp³-hybridized carbons (Fsp3) is 0.125. The summed E-state index contributed by atoms with van der Waals surface area (Å²) in [6, 6.07) is 37.7. The van der Waals surface area contributed by atoms with Gasteiger partial charge in [0.1, 0.15) is 0 Å². The fourth-order valence-electron chi connectivity index (χ4n) is 4.97. The maximum atomic E-state index is 4.97. The lowest BCUT2D eigenvalue weighted by molar-refractivity contribution is 1.04. The van der Waals surface area contributed by atoms with Crippen LogP contribution < -0.4 is 0 Å². The smallest absolute Gasteiger partial charge is 0.160 e. The van der Waals surface area contributed by atoms with Gasteiger partial charge in [0.05, 0.1) is 5.69 Å². The standard InChI is InChI=1S/C40H37N3/c1-28(16-17-34-20-23-37(25-30(34)3)29(2)24-31(4)41-5)33-18-21-36(22-19-33)40-42-38(26-32-12-8-6-9-13-32)27-39(43-40)35-14-10-7-11-15-35/h6-25,27H,1,26H2,2-5H3/b17-16-,29-24-,41-31?. The van der Waals surface area contributed by atoms with Crippen LogP contribution in [0.5, 0.6) is 0 Å². The summed E-state index contributed by atoms with van der Waals surface area (Å²) in [5.74, 6) is 0.723. The molecule has 0 N–H and O–H groups in total. The molecule has 0 amide bonds. The van der Waals surface area contributed by atoms with E-state index < -0.39 is 0 Å². The molecule has 43 heavy (non-hydrogen) atoms. The average Bonchev–Trinajstić information content (AvgIpc) is 3.04. The predicted octanol–water partition coefficient (Wildman–Crippen LogP) is 9.93. The highest BCUT2D eigenvalue weighted by Crippen LogP contribution is 2.26. The quantitative estimate of drug-likeness (QED) is 0.133. The van der Waals surface area contributed by atoms with Crippen molar-refractivity contribution in [1.82, 2.24) is 9.97 Å². The van der Waals surface area contributed by atoms with E-state index in [1.165, 1.54) is 27.8 Å². The van der Waals surface area contributed by atoms with Crippen molar-refractivity contribution in [1.29, 1.82) is 0 Å². The van der Waals surface area contributed by atoms with Crippen molar-refractivity contribution < 1.29 is 0 Å². The lowest BCUT2D eigenvalue weighted by atomic mass is 9.98. The Bertz CT molecular complexity index is 1810. The van der Waals surface area contributed by atoms with E-state index in [4.69, 9.17) is 9.97 Å². The highest BCUT2D eigenvalue weighted by Gasteiger charge is 2.10. The molecule has 0 atom stereocenters. The minimum Gasteiger partial charge on any atom is -0.293 e. The van der Waals surface area contributed by atoms with E-state index in [-0.39, 0.29) is 0 Å². The van der Waals surface area contributed by atoms with Crippen LogP contribution in [0.2, 0.25) is 0 Å². The summed E-state index contributed by atoms with van der Waals surface area (Å²) >= 11 is 0. The summed E-state index contributed by atoms with van der Waals surface area (Å²) < 4.78 is 0. The minimum atomic E-state index is 0.723. The first-order valence-corrected chi connectivity index (χ1v) is 14.6. The van der Waals surface area contributed by atoms with Gasteiger partial charge in [-0.3, -0.25) is 4.99 Å². The molecular weight excluding hydrogens is 522 g/mol.